The van der Waals surface area contributed by atoms with Crippen molar-refractivity contribution in [2.45, 2.75) is 45.4 Å². The third-order valence-corrected chi connectivity index (χ3v) is 7.61. The van der Waals surface area contributed by atoms with E-state index in [1.807, 2.05) is 22.8 Å². The molecule has 0 N–H and O–H groups in total. The Morgan fingerprint density at radius 2 is 1.35 bits per heavy atom. The van der Waals surface area contributed by atoms with E-state index in [0.29, 0.717) is 0 Å². The monoisotopic (exact) mass is 422 g/mol. The second-order valence-corrected chi connectivity index (χ2v) is 14.4. The largest absolute Gasteiger partial charge is 0.172 e. The van der Waals surface area contributed by atoms with Crippen LogP contribution in [-0.2, 0) is 18.9 Å². The number of hydrogen-bond donors (Lipinski definition) is 0. The van der Waals surface area contributed by atoms with Crippen LogP contribution >= 0.6 is 17.0 Å². The summed E-state index contributed by atoms with van der Waals surface area (Å²) in [5.74, 6) is 0. The summed E-state index contributed by atoms with van der Waals surface area (Å²) >= 11 is -1.76. The number of hydrogen-bond acceptors (Lipinski definition) is 0. The molecule has 3 heteroatoms. The van der Waals surface area contributed by atoms with Gasteiger partial charge in [-0.2, -0.15) is 58.7 Å². The molecule has 23 heavy (non-hydrogen) atoms. The van der Waals surface area contributed by atoms with Gasteiger partial charge in [0.15, 0.2) is 0 Å². The van der Waals surface area contributed by atoms with Crippen LogP contribution < -0.4 is 0 Å². The first-order valence-electron chi connectivity index (χ1n) is 8.17. The molecule has 4 rings (SSSR count). The third-order valence-electron chi connectivity index (χ3n) is 3.95. The van der Waals surface area contributed by atoms with Crippen LogP contribution in [0.2, 0.25) is 0 Å². The van der Waals surface area contributed by atoms with Gasteiger partial charge in [-0.05, 0) is 0 Å². The molecule has 0 saturated heterocycles. The second kappa shape index (κ2) is 10.6. The smallest absolute Gasteiger partial charge is 0.0625 e. The zero-order valence-electron chi connectivity index (χ0n) is 13.5. The standard InChI is InChI=1S/2C9H9.C2H4.2ClH.Zr/c2*1-2-5-9-7-3-6-8(9)4-1;1-2;;;/h2*3-4,7H,1-2,5H2;1H,2H3;2*1H;/q2*-1;;;;+2/p-2. The quantitative estimate of drug-likeness (QED) is 0.388. The van der Waals surface area contributed by atoms with Crippen molar-refractivity contribution < 1.29 is 18.9 Å². The maximum atomic E-state index is 5.37. The molecule has 0 aromatic heterocycles. The first-order chi connectivity index (χ1) is 11.2. The average molecular weight is 425 g/mol. The van der Waals surface area contributed by atoms with Gasteiger partial charge in [0, 0.05) is 0 Å². The molecule has 0 saturated carbocycles. The van der Waals surface area contributed by atoms with Crippen LogP contribution in [-0.4, -0.2) is 3.71 Å². The van der Waals surface area contributed by atoms with Gasteiger partial charge in [0.1, 0.15) is 0 Å². The summed E-state index contributed by atoms with van der Waals surface area (Å²) in [6, 6.07) is 0. The summed E-state index contributed by atoms with van der Waals surface area (Å²) in [6.45, 7) is 1.90. The van der Waals surface area contributed by atoms with Crippen molar-refractivity contribution in [1.82, 2.24) is 0 Å². The molecule has 0 fully saturated rings. The third kappa shape index (κ3) is 6.65. The van der Waals surface area contributed by atoms with Crippen molar-refractivity contribution in [3.63, 3.8) is 0 Å². The Kier molecular flexibility index (Phi) is 8.80. The van der Waals surface area contributed by atoms with Gasteiger partial charge in [-0.3, -0.25) is 0 Å². The Balaban J connectivity index is 0.000000132. The van der Waals surface area contributed by atoms with E-state index in [1.54, 1.807) is 0 Å². The van der Waals surface area contributed by atoms with E-state index in [4.69, 9.17) is 17.0 Å². The first kappa shape index (κ1) is 19.1. The van der Waals surface area contributed by atoms with Crippen LogP contribution in [0.15, 0.2) is 58.7 Å². The average Bonchev–Trinajstić information content (AvgIpc) is 3.24. The Morgan fingerprint density at radius 3 is 1.70 bits per heavy atom. The van der Waals surface area contributed by atoms with Crippen LogP contribution in [0.25, 0.3) is 0 Å². The number of rotatable bonds is 0. The Hall–Kier alpha value is -0.227. The van der Waals surface area contributed by atoms with Crippen LogP contribution in [0.1, 0.15) is 45.4 Å². The minimum Gasteiger partial charge on any atom is -0.172 e. The van der Waals surface area contributed by atoms with E-state index >= 15 is 0 Å². The van der Waals surface area contributed by atoms with Crippen LogP contribution in [0.5, 0.6) is 0 Å². The molecule has 0 atom stereocenters. The molecular weight excluding hydrogens is 402 g/mol. The molecule has 0 radical (unpaired) electrons. The molecule has 0 aliphatic heterocycles. The topological polar surface area (TPSA) is 0 Å². The molecule has 0 bridgehead atoms. The molecule has 0 aromatic rings. The van der Waals surface area contributed by atoms with Crippen molar-refractivity contribution in [2.24, 2.45) is 0 Å². The normalized spacial score (nSPS) is 19.6. The second-order valence-electron chi connectivity index (χ2n) is 5.60. The van der Waals surface area contributed by atoms with Crippen molar-refractivity contribution in [2.75, 3.05) is 0 Å². The molecule has 0 aromatic carbocycles. The van der Waals surface area contributed by atoms with Gasteiger partial charge in [-0.1, -0.05) is 38.5 Å². The van der Waals surface area contributed by atoms with Gasteiger partial charge in [-0.15, -0.1) is 12.2 Å². The molecule has 122 valence electrons. The van der Waals surface area contributed by atoms with E-state index < -0.39 is 18.9 Å². The van der Waals surface area contributed by atoms with Gasteiger partial charge < -0.3 is 0 Å². The maximum absolute atomic E-state index is 5.37. The van der Waals surface area contributed by atoms with Crippen molar-refractivity contribution in [3.05, 3.63) is 70.9 Å². The van der Waals surface area contributed by atoms with E-state index in [-0.39, 0.29) is 0 Å². The predicted molar refractivity (Wildman–Crippen MR) is 99.1 cm³/mol. The molecule has 4 aliphatic rings. The first-order valence-corrected chi connectivity index (χ1v) is 15.9. The van der Waals surface area contributed by atoms with Crippen molar-refractivity contribution in [1.29, 1.82) is 0 Å². The summed E-state index contributed by atoms with van der Waals surface area (Å²) in [7, 11) is 10.7. The van der Waals surface area contributed by atoms with Crippen LogP contribution in [0, 0.1) is 12.2 Å². The Labute approximate surface area is 155 Å². The Morgan fingerprint density at radius 1 is 0.913 bits per heavy atom. The molecule has 0 nitrogen and oxygen atoms in total. The number of allylic oxidation sites excluding steroid dienone is 12. The van der Waals surface area contributed by atoms with Gasteiger partial charge in [0.05, 0.1) is 0 Å². The summed E-state index contributed by atoms with van der Waals surface area (Å²) < 4.78 is 1.89. The van der Waals surface area contributed by atoms with Gasteiger partial charge in [0.2, 0.25) is 0 Å². The fourth-order valence-corrected chi connectivity index (χ4v) is 2.72. The van der Waals surface area contributed by atoms with Gasteiger partial charge in [0.25, 0.3) is 0 Å². The molecule has 0 heterocycles. The number of fused-ring (bicyclic) bond motifs is 2. The SMILES string of the molecule is C[CH]=[Zr]([Cl])[Cl].[C-]1=CC=C2CCCC=C12.[C-]1=CC=C2CCCC=C12. The van der Waals surface area contributed by atoms with Crippen molar-refractivity contribution in [3.8, 4) is 0 Å². The molecule has 0 spiro atoms. The summed E-state index contributed by atoms with van der Waals surface area (Å²) in [4.78, 5) is 0. The summed E-state index contributed by atoms with van der Waals surface area (Å²) in [5, 5.41) is 0. The van der Waals surface area contributed by atoms with E-state index in [9.17, 15) is 0 Å². The molecule has 4 aliphatic carbocycles. The summed E-state index contributed by atoms with van der Waals surface area (Å²) in [6.07, 6.45) is 27.0. The van der Waals surface area contributed by atoms with Crippen LogP contribution in [0.4, 0.5) is 0 Å². The van der Waals surface area contributed by atoms with Crippen molar-refractivity contribution >= 4 is 20.7 Å². The van der Waals surface area contributed by atoms with E-state index in [1.165, 1.54) is 60.8 Å². The zero-order valence-corrected chi connectivity index (χ0v) is 17.5. The zero-order chi connectivity index (χ0) is 16.5. The molecule has 0 amide bonds. The molecular formula is C20H22Cl2Zr-2. The van der Waals surface area contributed by atoms with Crippen LogP contribution in [0.3, 0.4) is 0 Å². The number of halogens is 2. The minimum absolute atomic E-state index is 1.24. The fourth-order valence-electron chi connectivity index (χ4n) is 2.72. The van der Waals surface area contributed by atoms with Gasteiger partial charge in [-0.25, -0.2) is 0 Å². The minimum atomic E-state index is -1.76. The van der Waals surface area contributed by atoms with E-state index in [2.05, 4.69) is 36.5 Å². The van der Waals surface area contributed by atoms with Gasteiger partial charge >= 0.3 is 46.5 Å². The maximum Gasteiger partial charge on any atom is -0.0625 e. The van der Waals surface area contributed by atoms with E-state index in [0.717, 1.165) is 0 Å². The molecule has 0 unspecified atom stereocenters. The summed E-state index contributed by atoms with van der Waals surface area (Å²) in [5.41, 5.74) is 5.67. The Bertz CT molecular complexity index is 576. The fraction of sp³-hybridized carbons (Fsp3) is 0.350. The predicted octanol–water partition coefficient (Wildman–Crippen LogP) is 6.53.